The Kier molecular flexibility index (Phi) is 3.93. The van der Waals surface area contributed by atoms with Crippen molar-refractivity contribution in [3.8, 4) is 11.1 Å². The maximum absolute atomic E-state index is 13.9. The number of hydrogen-bond donors (Lipinski definition) is 1. The van der Waals surface area contributed by atoms with E-state index in [4.69, 9.17) is 0 Å². The zero-order valence-electron chi connectivity index (χ0n) is 11.9. The Hall–Kier alpha value is -2.26. The molecule has 106 valence electrons. The van der Waals surface area contributed by atoms with E-state index >= 15 is 0 Å². The molecule has 0 spiro atoms. The van der Waals surface area contributed by atoms with E-state index in [2.05, 4.69) is 16.4 Å². The molecule has 0 radical (unpaired) electrons. The summed E-state index contributed by atoms with van der Waals surface area (Å²) in [5.41, 5.74) is 2.83. The molecule has 0 saturated heterocycles. The lowest BCUT2D eigenvalue weighted by molar-refractivity contribution is 0.593. The van der Waals surface area contributed by atoms with Gasteiger partial charge in [0.05, 0.1) is 0 Å². The number of pyridine rings is 1. The van der Waals surface area contributed by atoms with Crippen molar-refractivity contribution in [2.45, 2.75) is 13.5 Å². The number of halogens is 1. The van der Waals surface area contributed by atoms with Gasteiger partial charge in [0.15, 0.2) is 0 Å². The summed E-state index contributed by atoms with van der Waals surface area (Å²) < 4.78 is 13.9. The van der Waals surface area contributed by atoms with Crippen molar-refractivity contribution in [2.24, 2.45) is 0 Å². The summed E-state index contributed by atoms with van der Waals surface area (Å²) in [5.74, 6) is -0.165. The van der Waals surface area contributed by atoms with Crippen molar-refractivity contribution in [3.05, 3.63) is 66.2 Å². The summed E-state index contributed by atoms with van der Waals surface area (Å²) in [7, 11) is 0. The number of hydrogen-bond acceptors (Lipinski definition) is 2. The van der Waals surface area contributed by atoms with Gasteiger partial charge in [0.25, 0.3) is 0 Å². The zero-order valence-corrected chi connectivity index (χ0v) is 11.9. The van der Waals surface area contributed by atoms with Gasteiger partial charge in [-0.25, -0.2) is 4.39 Å². The number of nitrogens with zero attached hydrogens (tertiary/aromatic N) is 1. The molecule has 0 saturated carbocycles. The number of benzene rings is 2. The first-order valence-corrected chi connectivity index (χ1v) is 7.12. The van der Waals surface area contributed by atoms with Crippen LogP contribution in [-0.4, -0.2) is 11.5 Å². The van der Waals surface area contributed by atoms with E-state index in [-0.39, 0.29) is 5.82 Å². The molecule has 2 aromatic carbocycles. The van der Waals surface area contributed by atoms with Gasteiger partial charge in [-0.3, -0.25) is 4.98 Å². The largest absolute Gasteiger partial charge is 0.313 e. The first kappa shape index (κ1) is 13.7. The molecule has 0 unspecified atom stereocenters. The molecule has 0 atom stereocenters. The zero-order chi connectivity index (χ0) is 14.7. The van der Waals surface area contributed by atoms with Gasteiger partial charge >= 0.3 is 0 Å². The Morgan fingerprint density at radius 3 is 2.90 bits per heavy atom. The molecular weight excluding hydrogens is 263 g/mol. The third-order valence-electron chi connectivity index (χ3n) is 3.60. The van der Waals surface area contributed by atoms with E-state index in [1.165, 1.54) is 0 Å². The molecule has 3 aromatic rings. The lowest BCUT2D eigenvalue weighted by Crippen LogP contribution is -2.12. The van der Waals surface area contributed by atoms with Crippen LogP contribution in [0.4, 0.5) is 4.39 Å². The Bertz CT molecular complexity index is 763. The second-order valence-electron chi connectivity index (χ2n) is 4.99. The van der Waals surface area contributed by atoms with Gasteiger partial charge < -0.3 is 5.32 Å². The Morgan fingerprint density at radius 1 is 1.14 bits per heavy atom. The number of fused-ring (bicyclic) bond motifs is 1. The smallest absolute Gasteiger partial charge is 0.127 e. The van der Waals surface area contributed by atoms with Crippen molar-refractivity contribution in [3.63, 3.8) is 0 Å². The summed E-state index contributed by atoms with van der Waals surface area (Å²) in [5, 5.41) is 5.39. The van der Waals surface area contributed by atoms with Gasteiger partial charge in [-0.2, -0.15) is 0 Å². The molecule has 0 aliphatic heterocycles. The summed E-state index contributed by atoms with van der Waals surface area (Å²) in [4.78, 5) is 4.15. The Morgan fingerprint density at radius 2 is 2.05 bits per heavy atom. The SMILES string of the molecule is CCNCc1cc(-c2cccc3cnccc23)ccc1F. The fraction of sp³-hybridized carbons (Fsp3) is 0.167. The highest BCUT2D eigenvalue weighted by Gasteiger charge is 2.07. The molecule has 0 aliphatic carbocycles. The molecule has 0 fully saturated rings. The van der Waals surface area contributed by atoms with E-state index < -0.39 is 0 Å². The molecule has 21 heavy (non-hydrogen) atoms. The van der Waals surface area contributed by atoms with Gasteiger partial charge in [0.1, 0.15) is 5.82 Å². The predicted octanol–water partition coefficient (Wildman–Crippen LogP) is 4.15. The predicted molar refractivity (Wildman–Crippen MR) is 84.5 cm³/mol. The van der Waals surface area contributed by atoms with Gasteiger partial charge in [0, 0.05) is 29.9 Å². The monoisotopic (exact) mass is 280 g/mol. The van der Waals surface area contributed by atoms with Crippen molar-refractivity contribution >= 4 is 10.8 Å². The molecule has 1 aromatic heterocycles. The van der Waals surface area contributed by atoms with Crippen LogP contribution in [0.15, 0.2) is 54.9 Å². The number of nitrogens with one attached hydrogen (secondary N) is 1. The molecule has 3 heteroatoms. The van der Waals surface area contributed by atoms with E-state index in [1.54, 1.807) is 12.3 Å². The average Bonchev–Trinajstić information content (AvgIpc) is 2.54. The molecule has 2 nitrogen and oxygen atoms in total. The molecular formula is C18H17FN2. The Balaban J connectivity index is 2.10. The van der Waals surface area contributed by atoms with Crippen LogP contribution >= 0.6 is 0 Å². The molecule has 0 aliphatic rings. The van der Waals surface area contributed by atoms with Crippen LogP contribution in [0, 0.1) is 5.82 Å². The van der Waals surface area contributed by atoms with E-state index in [9.17, 15) is 4.39 Å². The van der Waals surface area contributed by atoms with Gasteiger partial charge in [0.2, 0.25) is 0 Å². The fourth-order valence-electron chi connectivity index (χ4n) is 2.51. The number of rotatable bonds is 4. The van der Waals surface area contributed by atoms with Crippen LogP contribution in [0.3, 0.4) is 0 Å². The molecule has 0 bridgehead atoms. The van der Waals surface area contributed by atoms with Crippen LogP contribution in [0.5, 0.6) is 0 Å². The minimum absolute atomic E-state index is 0.165. The first-order valence-electron chi connectivity index (χ1n) is 7.12. The third-order valence-corrected chi connectivity index (χ3v) is 3.60. The summed E-state index contributed by atoms with van der Waals surface area (Å²) in [6.07, 6.45) is 3.64. The summed E-state index contributed by atoms with van der Waals surface area (Å²) in [6, 6.07) is 13.4. The highest BCUT2D eigenvalue weighted by atomic mass is 19.1. The highest BCUT2D eigenvalue weighted by molar-refractivity contribution is 5.96. The molecule has 1 N–H and O–H groups in total. The van der Waals surface area contributed by atoms with Crippen LogP contribution in [-0.2, 0) is 6.54 Å². The van der Waals surface area contributed by atoms with Gasteiger partial charge in [-0.15, -0.1) is 0 Å². The van der Waals surface area contributed by atoms with Crippen LogP contribution in [0.2, 0.25) is 0 Å². The first-order chi connectivity index (χ1) is 10.3. The van der Waals surface area contributed by atoms with E-state index in [0.717, 1.165) is 28.4 Å². The topological polar surface area (TPSA) is 24.9 Å². The standard InChI is InChI=1S/C18H17FN2/c1-2-20-12-15-10-13(6-7-18(15)19)16-5-3-4-14-11-21-9-8-17(14)16/h3-11,20H,2,12H2,1H3. The van der Waals surface area contributed by atoms with Crippen LogP contribution in [0.1, 0.15) is 12.5 Å². The lowest BCUT2D eigenvalue weighted by atomic mass is 9.98. The van der Waals surface area contributed by atoms with Crippen LogP contribution in [0.25, 0.3) is 21.9 Å². The third kappa shape index (κ3) is 2.78. The molecule has 3 rings (SSSR count). The highest BCUT2D eigenvalue weighted by Crippen LogP contribution is 2.29. The maximum Gasteiger partial charge on any atom is 0.127 e. The van der Waals surface area contributed by atoms with Crippen molar-refractivity contribution < 1.29 is 4.39 Å². The van der Waals surface area contributed by atoms with E-state index in [0.29, 0.717) is 12.1 Å². The minimum Gasteiger partial charge on any atom is -0.313 e. The van der Waals surface area contributed by atoms with Crippen molar-refractivity contribution in [1.29, 1.82) is 0 Å². The fourth-order valence-corrected chi connectivity index (χ4v) is 2.51. The minimum atomic E-state index is -0.165. The number of aromatic nitrogens is 1. The summed E-state index contributed by atoms with van der Waals surface area (Å²) >= 11 is 0. The van der Waals surface area contributed by atoms with Crippen LogP contribution < -0.4 is 5.32 Å². The molecule has 0 amide bonds. The molecule has 1 heterocycles. The van der Waals surface area contributed by atoms with Gasteiger partial charge in [-0.05, 0) is 41.3 Å². The second kappa shape index (κ2) is 6.02. The van der Waals surface area contributed by atoms with E-state index in [1.807, 2.05) is 43.5 Å². The van der Waals surface area contributed by atoms with Crippen molar-refractivity contribution in [2.75, 3.05) is 6.54 Å². The van der Waals surface area contributed by atoms with Crippen molar-refractivity contribution in [1.82, 2.24) is 10.3 Å². The quantitative estimate of drug-likeness (QED) is 0.776. The normalized spacial score (nSPS) is 11.0. The average molecular weight is 280 g/mol. The van der Waals surface area contributed by atoms with Gasteiger partial charge in [-0.1, -0.05) is 31.2 Å². The summed E-state index contributed by atoms with van der Waals surface area (Å²) in [6.45, 7) is 3.38. The maximum atomic E-state index is 13.9. The second-order valence-corrected chi connectivity index (χ2v) is 4.99. The lowest BCUT2D eigenvalue weighted by Gasteiger charge is -2.10. The Labute approximate surface area is 123 Å².